The largest absolute Gasteiger partial charge is 0.310 e. The summed E-state index contributed by atoms with van der Waals surface area (Å²) in [5, 5.41) is 4.99. The molecule has 0 bridgehead atoms. The standard InChI is InChI=1S/C64H44N2/c1-3-20-46(21-4-1)53-28-11-15-34-61(53)65(49-40-38-48(39-41-49)52-27-9-10-29-54(52)55-33-19-25-45-24-7-8-26-51(45)55)50-42-43-56(60(44-50)47-22-5-2-6-23-47)57-30-12-16-35-62(57)66-63-36-17-13-31-58(63)59-32-14-18-37-64(59)66/h1-44H. The topological polar surface area (TPSA) is 8.17 Å². The van der Waals surface area contributed by atoms with E-state index >= 15 is 0 Å². The highest BCUT2D eigenvalue weighted by molar-refractivity contribution is 6.10. The monoisotopic (exact) mass is 840 g/mol. The summed E-state index contributed by atoms with van der Waals surface area (Å²) >= 11 is 0. The molecule has 0 aliphatic heterocycles. The predicted octanol–water partition coefficient (Wildman–Crippen LogP) is 17.7. The Bertz CT molecular complexity index is 3640. The molecule has 12 aromatic rings. The number of hydrogen-bond acceptors (Lipinski definition) is 1. The molecule has 0 aliphatic rings. The van der Waals surface area contributed by atoms with Crippen molar-refractivity contribution in [2.75, 3.05) is 4.90 Å². The highest BCUT2D eigenvalue weighted by atomic mass is 15.1. The Morgan fingerprint density at radius 1 is 0.258 bits per heavy atom. The number of aromatic nitrogens is 1. The van der Waals surface area contributed by atoms with Crippen LogP contribution < -0.4 is 4.90 Å². The van der Waals surface area contributed by atoms with Crippen molar-refractivity contribution in [3.05, 3.63) is 267 Å². The second kappa shape index (κ2) is 16.8. The van der Waals surface area contributed by atoms with Gasteiger partial charge in [-0.1, -0.05) is 218 Å². The molecule has 0 saturated carbocycles. The Morgan fingerprint density at radius 2 is 0.727 bits per heavy atom. The number of anilines is 3. The lowest BCUT2D eigenvalue weighted by Gasteiger charge is -2.29. The highest BCUT2D eigenvalue weighted by Crippen LogP contribution is 2.46. The van der Waals surface area contributed by atoms with E-state index in [4.69, 9.17) is 0 Å². The van der Waals surface area contributed by atoms with E-state index < -0.39 is 0 Å². The van der Waals surface area contributed by atoms with Gasteiger partial charge in [0.1, 0.15) is 0 Å². The lowest BCUT2D eigenvalue weighted by Crippen LogP contribution is -2.11. The summed E-state index contributed by atoms with van der Waals surface area (Å²) in [7, 11) is 0. The SMILES string of the molecule is c1ccc(-c2cc(N(c3ccc(-c4ccccc4-c4cccc5ccccc45)cc3)c3ccccc3-c3ccccc3)ccc2-c2ccccc2-n2c3ccccc3c3ccccc32)cc1. The van der Waals surface area contributed by atoms with Crippen molar-refractivity contribution in [3.8, 4) is 61.3 Å². The minimum absolute atomic E-state index is 1.07. The normalized spacial score (nSPS) is 11.3. The van der Waals surface area contributed by atoms with E-state index in [1.165, 1.54) is 71.5 Å². The molecule has 66 heavy (non-hydrogen) atoms. The van der Waals surface area contributed by atoms with Crippen LogP contribution in [-0.4, -0.2) is 4.57 Å². The molecule has 0 saturated heterocycles. The predicted molar refractivity (Wildman–Crippen MR) is 280 cm³/mol. The molecule has 11 aromatic carbocycles. The minimum atomic E-state index is 1.07. The van der Waals surface area contributed by atoms with Gasteiger partial charge in [-0.05, 0) is 104 Å². The van der Waals surface area contributed by atoms with Crippen LogP contribution in [-0.2, 0) is 0 Å². The van der Waals surface area contributed by atoms with Gasteiger partial charge < -0.3 is 9.47 Å². The lowest BCUT2D eigenvalue weighted by atomic mass is 9.91. The minimum Gasteiger partial charge on any atom is -0.310 e. The Hall–Kier alpha value is -8.72. The van der Waals surface area contributed by atoms with Crippen LogP contribution in [0.4, 0.5) is 17.1 Å². The van der Waals surface area contributed by atoms with Gasteiger partial charge in [-0.25, -0.2) is 0 Å². The van der Waals surface area contributed by atoms with E-state index in [1.54, 1.807) is 0 Å². The van der Waals surface area contributed by atoms with Gasteiger partial charge in [-0.2, -0.15) is 0 Å². The van der Waals surface area contributed by atoms with Crippen LogP contribution in [0.15, 0.2) is 267 Å². The maximum atomic E-state index is 2.44. The lowest BCUT2D eigenvalue weighted by molar-refractivity contribution is 1.18. The first-order valence-corrected chi connectivity index (χ1v) is 22.7. The first-order chi connectivity index (χ1) is 32.8. The van der Waals surface area contributed by atoms with Crippen LogP contribution in [0, 0.1) is 0 Å². The number of para-hydroxylation sites is 4. The fourth-order valence-electron chi connectivity index (χ4n) is 10.0. The van der Waals surface area contributed by atoms with Crippen LogP contribution in [0.2, 0.25) is 0 Å². The molecule has 0 spiro atoms. The molecule has 0 amide bonds. The number of benzene rings is 11. The number of rotatable bonds is 9. The first kappa shape index (κ1) is 38.9. The van der Waals surface area contributed by atoms with Crippen molar-refractivity contribution in [2.45, 2.75) is 0 Å². The summed E-state index contributed by atoms with van der Waals surface area (Å²) in [4.78, 5) is 2.43. The Balaban J connectivity index is 1.05. The summed E-state index contributed by atoms with van der Waals surface area (Å²) in [6.45, 7) is 0. The number of nitrogens with zero attached hydrogens (tertiary/aromatic N) is 2. The van der Waals surface area contributed by atoms with Gasteiger partial charge in [0, 0.05) is 33.3 Å². The van der Waals surface area contributed by atoms with E-state index in [0.717, 1.165) is 39.4 Å². The molecule has 2 nitrogen and oxygen atoms in total. The molecule has 2 heteroatoms. The molecule has 0 aliphatic carbocycles. The van der Waals surface area contributed by atoms with Crippen LogP contribution in [0.3, 0.4) is 0 Å². The van der Waals surface area contributed by atoms with Crippen LogP contribution >= 0.6 is 0 Å². The zero-order valence-corrected chi connectivity index (χ0v) is 36.3. The molecule has 1 aromatic heterocycles. The van der Waals surface area contributed by atoms with Gasteiger partial charge in [0.25, 0.3) is 0 Å². The molecule has 0 radical (unpaired) electrons. The zero-order chi connectivity index (χ0) is 43.8. The van der Waals surface area contributed by atoms with Gasteiger partial charge in [-0.3, -0.25) is 0 Å². The summed E-state index contributed by atoms with van der Waals surface area (Å²) in [6.07, 6.45) is 0. The molecular weight excluding hydrogens is 797 g/mol. The number of fused-ring (bicyclic) bond motifs is 4. The van der Waals surface area contributed by atoms with E-state index in [0.29, 0.717) is 0 Å². The molecule has 0 N–H and O–H groups in total. The van der Waals surface area contributed by atoms with Crippen molar-refractivity contribution in [2.24, 2.45) is 0 Å². The summed E-state index contributed by atoms with van der Waals surface area (Å²) in [6, 6.07) is 96.9. The molecule has 310 valence electrons. The molecule has 12 rings (SSSR count). The van der Waals surface area contributed by atoms with Gasteiger partial charge in [-0.15, -0.1) is 0 Å². The van der Waals surface area contributed by atoms with Crippen molar-refractivity contribution in [3.63, 3.8) is 0 Å². The zero-order valence-electron chi connectivity index (χ0n) is 36.3. The third kappa shape index (κ3) is 6.84. The molecule has 0 unspecified atom stereocenters. The Morgan fingerprint density at radius 3 is 1.44 bits per heavy atom. The second-order valence-electron chi connectivity index (χ2n) is 16.8. The third-order valence-electron chi connectivity index (χ3n) is 13.0. The van der Waals surface area contributed by atoms with E-state index in [2.05, 4.69) is 276 Å². The van der Waals surface area contributed by atoms with Gasteiger partial charge in [0.2, 0.25) is 0 Å². The first-order valence-electron chi connectivity index (χ1n) is 22.7. The molecule has 1 heterocycles. The maximum Gasteiger partial charge on any atom is 0.0541 e. The fourth-order valence-corrected chi connectivity index (χ4v) is 10.0. The van der Waals surface area contributed by atoms with E-state index in [9.17, 15) is 0 Å². The summed E-state index contributed by atoms with van der Waals surface area (Å²) in [5.74, 6) is 0. The van der Waals surface area contributed by atoms with Gasteiger partial charge in [0.15, 0.2) is 0 Å². The second-order valence-corrected chi connectivity index (χ2v) is 16.8. The van der Waals surface area contributed by atoms with Gasteiger partial charge in [0.05, 0.1) is 22.4 Å². The van der Waals surface area contributed by atoms with E-state index in [1.807, 2.05) is 0 Å². The average Bonchev–Trinajstić information content (AvgIpc) is 3.74. The van der Waals surface area contributed by atoms with Crippen molar-refractivity contribution >= 4 is 49.6 Å². The molecule has 0 atom stereocenters. The maximum absolute atomic E-state index is 2.44. The molecule has 0 fully saturated rings. The van der Waals surface area contributed by atoms with Gasteiger partial charge >= 0.3 is 0 Å². The molecular formula is C64H44N2. The van der Waals surface area contributed by atoms with Crippen molar-refractivity contribution in [1.82, 2.24) is 4.57 Å². The quantitative estimate of drug-likeness (QED) is 0.141. The summed E-state index contributed by atoms with van der Waals surface area (Å²) < 4.78 is 2.44. The average molecular weight is 841 g/mol. The fraction of sp³-hybridized carbons (Fsp3) is 0. The van der Waals surface area contributed by atoms with E-state index in [-0.39, 0.29) is 0 Å². The van der Waals surface area contributed by atoms with Crippen LogP contribution in [0.25, 0.3) is 93.9 Å². The van der Waals surface area contributed by atoms with Crippen LogP contribution in [0.5, 0.6) is 0 Å². The Kier molecular flexibility index (Phi) is 9.89. The third-order valence-corrected chi connectivity index (χ3v) is 13.0. The highest BCUT2D eigenvalue weighted by Gasteiger charge is 2.22. The number of hydrogen-bond donors (Lipinski definition) is 0. The van der Waals surface area contributed by atoms with Crippen LogP contribution in [0.1, 0.15) is 0 Å². The smallest absolute Gasteiger partial charge is 0.0541 e. The summed E-state index contributed by atoms with van der Waals surface area (Å²) in [5.41, 5.74) is 18.6. The van der Waals surface area contributed by atoms with Crippen molar-refractivity contribution in [1.29, 1.82) is 0 Å². The van der Waals surface area contributed by atoms with Crippen molar-refractivity contribution < 1.29 is 0 Å². The Labute approximate surface area is 385 Å².